The Morgan fingerprint density at radius 2 is 1.87 bits per heavy atom. The van der Waals surface area contributed by atoms with Crippen molar-refractivity contribution in [3.8, 4) is 0 Å². The molecular formula is C12H18ClNS. The van der Waals surface area contributed by atoms with Gasteiger partial charge in [-0.1, -0.05) is 11.6 Å². The highest BCUT2D eigenvalue weighted by Gasteiger charge is 2.12. The highest BCUT2D eigenvalue weighted by atomic mass is 35.5. The van der Waals surface area contributed by atoms with E-state index in [1.54, 1.807) is 11.8 Å². The van der Waals surface area contributed by atoms with Crippen molar-refractivity contribution in [3.63, 3.8) is 0 Å². The summed E-state index contributed by atoms with van der Waals surface area (Å²) in [7, 11) is 0. The maximum Gasteiger partial charge on any atom is 0.0438 e. The maximum absolute atomic E-state index is 6.04. The summed E-state index contributed by atoms with van der Waals surface area (Å²) in [6.07, 6.45) is 0. The largest absolute Gasteiger partial charge is 0.325 e. The molecule has 0 bridgehead atoms. The van der Waals surface area contributed by atoms with Crippen LogP contribution in [-0.4, -0.2) is 11.3 Å². The molecule has 0 saturated carbocycles. The van der Waals surface area contributed by atoms with E-state index < -0.39 is 0 Å². The van der Waals surface area contributed by atoms with Crippen molar-refractivity contribution in [1.82, 2.24) is 0 Å². The van der Waals surface area contributed by atoms with E-state index in [4.69, 9.17) is 17.3 Å². The Hall–Kier alpha value is -0.180. The molecule has 0 aromatic heterocycles. The molecule has 0 saturated heterocycles. The molecule has 0 spiro atoms. The third-order valence-corrected chi connectivity index (χ3v) is 4.10. The maximum atomic E-state index is 6.04. The monoisotopic (exact) mass is 243 g/mol. The molecule has 2 N–H and O–H groups in total. The van der Waals surface area contributed by atoms with Crippen molar-refractivity contribution in [3.05, 3.63) is 28.3 Å². The van der Waals surface area contributed by atoms with Gasteiger partial charge >= 0.3 is 0 Å². The van der Waals surface area contributed by atoms with Gasteiger partial charge < -0.3 is 5.73 Å². The van der Waals surface area contributed by atoms with Gasteiger partial charge in [0.15, 0.2) is 0 Å². The number of hydrogen-bond acceptors (Lipinski definition) is 2. The second-order valence-corrected chi connectivity index (χ2v) is 6.07. The summed E-state index contributed by atoms with van der Waals surface area (Å²) >= 11 is 7.84. The lowest BCUT2D eigenvalue weighted by Gasteiger charge is -2.18. The van der Waals surface area contributed by atoms with Crippen LogP contribution in [0.15, 0.2) is 17.0 Å². The van der Waals surface area contributed by atoms with Crippen LogP contribution in [0.2, 0.25) is 5.02 Å². The van der Waals surface area contributed by atoms with E-state index in [1.165, 1.54) is 10.5 Å². The minimum atomic E-state index is -0.134. The van der Waals surface area contributed by atoms with Gasteiger partial charge in [-0.15, -0.1) is 11.8 Å². The van der Waals surface area contributed by atoms with Crippen LogP contribution in [0.4, 0.5) is 0 Å². The number of halogens is 1. The van der Waals surface area contributed by atoms with Gasteiger partial charge in [-0.05, 0) is 51.0 Å². The Labute approximate surface area is 101 Å². The summed E-state index contributed by atoms with van der Waals surface area (Å²) in [5, 5.41) is 0.837. The molecule has 0 atom stereocenters. The smallest absolute Gasteiger partial charge is 0.0438 e. The lowest BCUT2D eigenvalue weighted by Crippen LogP contribution is -2.34. The minimum Gasteiger partial charge on any atom is -0.325 e. The lowest BCUT2D eigenvalue weighted by atomic mass is 10.1. The van der Waals surface area contributed by atoms with Crippen LogP contribution in [-0.2, 0) is 0 Å². The zero-order chi connectivity index (χ0) is 11.6. The highest BCUT2D eigenvalue weighted by Crippen LogP contribution is 2.29. The predicted molar refractivity (Wildman–Crippen MR) is 69.9 cm³/mol. The number of nitrogens with two attached hydrogens (primary N) is 1. The second-order valence-electron chi connectivity index (χ2n) is 4.64. The minimum absolute atomic E-state index is 0.134. The zero-order valence-electron chi connectivity index (χ0n) is 9.73. The van der Waals surface area contributed by atoms with Gasteiger partial charge in [0.2, 0.25) is 0 Å². The van der Waals surface area contributed by atoms with Crippen molar-refractivity contribution < 1.29 is 0 Å². The van der Waals surface area contributed by atoms with Crippen LogP contribution in [0.3, 0.4) is 0 Å². The Morgan fingerprint density at radius 1 is 1.27 bits per heavy atom. The molecule has 1 aromatic carbocycles. The van der Waals surface area contributed by atoms with Gasteiger partial charge in [-0.25, -0.2) is 0 Å². The van der Waals surface area contributed by atoms with Crippen molar-refractivity contribution in [2.75, 3.05) is 5.75 Å². The van der Waals surface area contributed by atoms with E-state index in [-0.39, 0.29) is 5.54 Å². The fraction of sp³-hybridized carbons (Fsp3) is 0.500. The molecule has 1 nitrogen and oxygen atoms in total. The van der Waals surface area contributed by atoms with Crippen molar-refractivity contribution in [1.29, 1.82) is 0 Å². The molecule has 1 aromatic rings. The third-order valence-electron chi connectivity index (χ3n) is 2.06. The van der Waals surface area contributed by atoms with Crippen molar-refractivity contribution in [2.45, 2.75) is 38.1 Å². The van der Waals surface area contributed by atoms with Gasteiger partial charge in [-0.2, -0.15) is 0 Å². The average molecular weight is 244 g/mol. The fourth-order valence-electron chi connectivity index (χ4n) is 1.17. The van der Waals surface area contributed by atoms with Crippen LogP contribution in [0.25, 0.3) is 0 Å². The molecule has 3 heteroatoms. The van der Waals surface area contributed by atoms with Gasteiger partial charge in [0.25, 0.3) is 0 Å². The summed E-state index contributed by atoms with van der Waals surface area (Å²) in [6, 6.07) is 4.15. The Bertz CT molecular complexity index is 355. The van der Waals surface area contributed by atoms with E-state index in [2.05, 4.69) is 13.0 Å². The van der Waals surface area contributed by atoms with Gasteiger partial charge in [0.1, 0.15) is 0 Å². The molecule has 15 heavy (non-hydrogen) atoms. The molecule has 1 rings (SSSR count). The first-order valence-electron chi connectivity index (χ1n) is 4.98. The Morgan fingerprint density at radius 3 is 2.40 bits per heavy atom. The number of benzene rings is 1. The summed E-state index contributed by atoms with van der Waals surface area (Å²) in [6.45, 7) is 8.19. The first kappa shape index (κ1) is 12.9. The van der Waals surface area contributed by atoms with Crippen LogP contribution in [0.5, 0.6) is 0 Å². The molecule has 0 amide bonds. The predicted octanol–water partition coefficient (Wildman–Crippen LogP) is 3.79. The molecule has 0 unspecified atom stereocenters. The van der Waals surface area contributed by atoms with Crippen LogP contribution in [0.1, 0.15) is 25.0 Å². The molecule has 0 aliphatic carbocycles. The Balaban J connectivity index is 2.82. The summed E-state index contributed by atoms with van der Waals surface area (Å²) < 4.78 is 0. The summed E-state index contributed by atoms with van der Waals surface area (Å²) in [4.78, 5) is 1.27. The van der Waals surface area contributed by atoms with E-state index >= 15 is 0 Å². The molecular weight excluding hydrogens is 226 g/mol. The van der Waals surface area contributed by atoms with Crippen LogP contribution >= 0.6 is 23.4 Å². The van der Waals surface area contributed by atoms with E-state index in [1.807, 2.05) is 26.8 Å². The average Bonchev–Trinajstić information content (AvgIpc) is 2.07. The second kappa shape index (κ2) is 4.77. The lowest BCUT2D eigenvalue weighted by molar-refractivity contribution is 0.591. The van der Waals surface area contributed by atoms with E-state index in [0.717, 1.165) is 16.3 Å². The van der Waals surface area contributed by atoms with Crippen molar-refractivity contribution >= 4 is 23.4 Å². The molecule has 0 aliphatic rings. The fourth-order valence-corrected chi connectivity index (χ4v) is 2.47. The van der Waals surface area contributed by atoms with Crippen molar-refractivity contribution in [2.24, 2.45) is 5.73 Å². The Kier molecular flexibility index (Phi) is 4.10. The number of rotatable bonds is 3. The van der Waals surface area contributed by atoms with Gasteiger partial charge in [-0.3, -0.25) is 0 Å². The highest BCUT2D eigenvalue weighted by molar-refractivity contribution is 7.99. The topological polar surface area (TPSA) is 26.0 Å². The standard InChI is InChI=1S/C12H18ClNS/c1-8-6-11(9(2)5-10(8)13)15-7-12(3,4)14/h5-6H,7,14H2,1-4H3. The van der Waals surface area contributed by atoms with Gasteiger partial charge in [0.05, 0.1) is 0 Å². The quantitative estimate of drug-likeness (QED) is 0.818. The first-order valence-corrected chi connectivity index (χ1v) is 6.34. The molecule has 0 heterocycles. The number of aryl methyl sites for hydroxylation is 2. The van der Waals surface area contributed by atoms with Crippen LogP contribution in [0, 0.1) is 13.8 Å². The molecule has 0 aliphatic heterocycles. The molecule has 84 valence electrons. The van der Waals surface area contributed by atoms with E-state index in [0.29, 0.717) is 0 Å². The van der Waals surface area contributed by atoms with Crippen LogP contribution < -0.4 is 5.73 Å². The van der Waals surface area contributed by atoms with Gasteiger partial charge in [0, 0.05) is 21.2 Å². The summed E-state index contributed by atoms with van der Waals surface area (Å²) in [5.74, 6) is 0.912. The molecule has 0 fully saturated rings. The number of hydrogen-bond donors (Lipinski definition) is 1. The number of thioether (sulfide) groups is 1. The van der Waals surface area contributed by atoms with E-state index in [9.17, 15) is 0 Å². The third kappa shape index (κ3) is 4.06. The zero-order valence-corrected chi connectivity index (χ0v) is 11.3. The first-order chi connectivity index (χ1) is 6.79. The SMILES string of the molecule is Cc1cc(SCC(C)(C)N)c(C)cc1Cl. The molecule has 0 radical (unpaired) electrons. The summed E-state index contributed by atoms with van der Waals surface area (Å²) in [5.41, 5.74) is 8.17. The normalized spacial score (nSPS) is 11.9.